The SMILES string of the molecule is C.Cc1cc(Oc2ncccc2OC(F)F)ccc1-c1c(C)c(=O)[nH]c(=O)n1C. The number of hydrogen-bond acceptors (Lipinski definition) is 5. The Morgan fingerprint density at radius 1 is 1.17 bits per heavy atom. The van der Waals surface area contributed by atoms with Gasteiger partial charge in [0, 0.05) is 24.4 Å². The van der Waals surface area contributed by atoms with Crippen LogP contribution in [0.1, 0.15) is 18.6 Å². The van der Waals surface area contributed by atoms with Gasteiger partial charge in [-0.1, -0.05) is 7.43 Å². The van der Waals surface area contributed by atoms with Crippen molar-refractivity contribution in [1.82, 2.24) is 14.5 Å². The van der Waals surface area contributed by atoms with Crippen molar-refractivity contribution < 1.29 is 18.3 Å². The Balaban J connectivity index is 0.00000300. The number of aromatic nitrogens is 3. The second-order valence-electron chi connectivity index (χ2n) is 6.06. The molecule has 0 fully saturated rings. The van der Waals surface area contributed by atoms with E-state index in [2.05, 4.69) is 14.7 Å². The average molecular weight is 405 g/mol. The van der Waals surface area contributed by atoms with Crippen molar-refractivity contribution >= 4 is 0 Å². The molecule has 0 bridgehead atoms. The predicted molar refractivity (Wildman–Crippen MR) is 105 cm³/mol. The van der Waals surface area contributed by atoms with E-state index in [9.17, 15) is 18.4 Å². The molecule has 9 heteroatoms. The molecule has 29 heavy (non-hydrogen) atoms. The molecule has 7 nitrogen and oxygen atoms in total. The highest BCUT2D eigenvalue weighted by Crippen LogP contribution is 2.33. The maximum atomic E-state index is 12.5. The zero-order valence-electron chi connectivity index (χ0n) is 15.3. The van der Waals surface area contributed by atoms with Crippen LogP contribution in [0.4, 0.5) is 8.78 Å². The van der Waals surface area contributed by atoms with Gasteiger partial charge >= 0.3 is 12.3 Å². The average Bonchev–Trinajstić information content (AvgIpc) is 2.63. The fourth-order valence-electron chi connectivity index (χ4n) is 2.83. The first-order valence-corrected chi connectivity index (χ1v) is 8.26. The van der Waals surface area contributed by atoms with Crippen LogP contribution in [-0.4, -0.2) is 21.1 Å². The molecule has 2 aromatic heterocycles. The number of H-pyrrole nitrogens is 1. The van der Waals surface area contributed by atoms with Crippen LogP contribution in [0.3, 0.4) is 0 Å². The van der Waals surface area contributed by atoms with E-state index >= 15 is 0 Å². The normalized spacial score (nSPS) is 10.6. The number of benzene rings is 1. The zero-order chi connectivity index (χ0) is 20.4. The first-order valence-electron chi connectivity index (χ1n) is 8.26. The van der Waals surface area contributed by atoms with E-state index < -0.39 is 17.9 Å². The van der Waals surface area contributed by atoms with E-state index in [1.165, 1.54) is 22.9 Å². The maximum absolute atomic E-state index is 12.5. The third kappa shape index (κ3) is 4.50. The zero-order valence-corrected chi connectivity index (χ0v) is 15.3. The molecule has 0 saturated carbocycles. The summed E-state index contributed by atoms with van der Waals surface area (Å²) < 4.78 is 36.4. The lowest BCUT2D eigenvalue weighted by Crippen LogP contribution is -2.31. The fraction of sp³-hybridized carbons (Fsp3) is 0.250. The molecule has 0 aliphatic heterocycles. The van der Waals surface area contributed by atoms with Crippen molar-refractivity contribution in [2.45, 2.75) is 27.9 Å². The summed E-state index contributed by atoms with van der Waals surface area (Å²) in [5.41, 5.74) is 1.29. The molecule has 0 aliphatic carbocycles. The molecular formula is C20H21F2N3O4. The lowest BCUT2D eigenvalue weighted by atomic mass is 10.0. The Morgan fingerprint density at radius 2 is 1.90 bits per heavy atom. The monoisotopic (exact) mass is 405 g/mol. The fourth-order valence-corrected chi connectivity index (χ4v) is 2.83. The van der Waals surface area contributed by atoms with Gasteiger partial charge < -0.3 is 9.47 Å². The van der Waals surface area contributed by atoms with Gasteiger partial charge in [-0.25, -0.2) is 9.78 Å². The summed E-state index contributed by atoms with van der Waals surface area (Å²) in [6.45, 7) is 0.401. The molecule has 0 amide bonds. The van der Waals surface area contributed by atoms with Gasteiger partial charge in [0.05, 0.1) is 5.69 Å². The van der Waals surface area contributed by atoms with E-state index in [-0.39, 0.29) is 19.1 Å². The second-order valence-corrected chi connectivity index (χ2v) is 6.06. The first kappa shape index (κ1) is 21.8. The highest BCUT2D eigenvalue weighted by atomic mass is 19.3. The van der Waals surface area contributed by atoms with E-state index in [0.29, 0.717) is 28.1 Å². The van der Waals surface area contributed by atoms with E-state index in [4.69, 9.17) is 4.74 Å². The predicted octanol–water partition coefficient (Wildman–Crippen LogP) is 3.78. The molecule has 0 atom stereocenters. The highest BCUT2D eigenvalue weighted by Gasteiger charge is 2.16. The molecule has 2 heterocycles. The van der Waals surface area contributed by atoms with E-state index in [0.717, 1.165) is 0 Å². The Kier molecular flexibility index (Phi) is 6.53. The standard InChI is InChI=1S/C19H17F2N3O4.CH4/c1-10-9-12(27-17-14(28-18(20)21)5-4-8-22-17)6-7-13(10)15-11(2)16(25)23-19(26)24(15)3;/h4-9,18H,1-3H3,(H,23,25,26);1H4. The Hall–Kier alpha value is -3.49. The van der Waals surface area contributed by atoms with Crippen molar-refractivity contribution in [2.24, 2.45) is 7.05 Å². The molecule has 1 N–H and O–H groups in total. The van der Waals surface area contributed by atoms with E-state index in [1.807, 2.05) is 0 Å². The Bertz CT molecular complexity index is 1110. The number of alkyl halides is 2. The summed E-state index contributed by atoms with van der Waals surface area (Å²) in [5, 5.41) is 0. The van der Waals surface area contributed by atoms with Crippen LogP contribution in [0, 0.1) is 13.8 Å². The number of rotatable bonds is 5. The second kappa shape index (κ2) is 8.68. The molecule has 1 aromatic carbocycles. The molecule has 0 aliphatic rings. The topological polar surface area (TPSA) is 86.2 Å². The van der Waals surface area contributed by atoms with Crippen molar-refractivity contribution in [3.05, 3.63) is 68.5 Å². The third-order valence-electron chi connectivity index (χ3n) is 4.18. The summed E-state index contributed by atoms with van der Waals surface area (Å²) in [7, 11) is 1.56. The molecular weight excluding hydrogens is 384 g/mol. The number of ether oxygens (including phenoxy) is 2. The molecule has 0 unspecified atom stereocenters. The quantitative estimate of drug-likeness (QED) is 0.698. The first-order chi connectivity index (χ1) is 13.3. The van der Waals surface area contributed by atoms with Crippen molar-refractivity contribution in [2.75, 3.05) is 0 Å². The minimum Gasteiger partial charge on any atom is -0.436 e. The Morgan fingerprint density at radius 3 is 2.55 bits per heavy atom. The van der Waals surface area contributed by atoms with Crippen LogP contribution in [0.5, 0.6) is 17.4 Å². The lowest BCUT2D eigenvalue weighted by Gasteiger charge is -2.15. The van der Waals surface area contributed by atoms with Crippen LogP contribution in [-0.2, 0) is 7.05 Å². The van der Waals surface area contributed by atoms with Gasteiger partial charge in [-0.05, 0) is 49.7 Å². The van der Waals surface area contributed by atoms with Gasteiger partial charge in [-0.3, -0.25) is 14.3 Å². The summed E-state index contributed by atoms with van der Waals surface area (Å²) in [6.07, 6.45) is 1.39. The third-order valence-corrected chi connectivity index (χ3v) is 4.18. The van der Waals surface area contributed by atoms with Crippen molar-refractivity contribution in [3.8, 4) is 28.6 Å². The number of nitrogens with zero attached hydrogens (tertiary/aromatic N) is 2. The number of pyridine rings is 1. The summed E-state index contributed by atoms with van der Waals surface area (Å²) in [5.74, 6) is 0.0494. The summed E-state index contributed by atoms with van der Waals surface area (Å²) in [4.78, 5) is 30.0. The smallest absolute Gasteiger partial charge is 0.387 e. The number of nitrogens with one attached hydrogen (secondary N) is 1. The lowest BCUT2D eigenvalue weighted by molar-refractivity contribution is -0.0513. The van der Waals surface area contributed by atoms with E-state index in [1.54, 1.807) is 39.1 Å². The number of halogens is 2. The van der Waals surface area contributed by atoms with Crippen LogP contribution < -0.4 is 20.7 Å². The summed E-state index contributed by atoms with van der Waals surface area (Å²) in [6, 6.07) is 7.71. The van der Waals surface area contributed by atoms with Gasteiger partial charge in [0.2, 0.25) is 0 Å². The molecule has 0 saturated heterocycles. The highest BCUT2D eigenvalue weighted by molar-refractivity contribution is 5.67. The summed E-state index contributed by atoms with van der Waals surface area (Å²) >= 11 is 0. The Labute approximate surface area is 165 Å². The van der Waals surface area contributed by atoms with Gasteiger partial charge in [0.25, 0.3) is 11.4 Å². The largest absolute Gasteiger partial charge is 0.436 e. The van der Waals surface area contributed by atoms with Gasteiger partial charge in [0.1, 0.15) is 5.75 Å². The minimum absolute atomic E-state index is 0. The molecule has 0 spiro atoms. The number of aromatic amines is 1. The van der Waals surface area contributed by atoms with Crippen LogP contribution in [0.15, 0.2) is 46.1 Å². The molecule has 3 aromatic rings. The van der Waals surface area contributed by atoms with Crippen LogP contribution in [0.2, 0.25) is 0 Å². The molecule has 0 radical (unpaired) electrons. The van der Waals surface area contributed by atoms with Gasteiger partial charge in [0.15, 0.2) is 5.75 Å². The minimum atomic E-state index is -3.00. The van der Waals surface area contributed by atoms with Crippen LogP contribution >= 0.6 is 0 Å². The molecule has 3 rings (SSSR count). The van der Waals surface area contributed by atoms with Crippen molar-refractivity contribution in [3.63, 3.8) is 0 Å². The maximum Gasteiger partial charge on any atom is 0.387 e. The van der Waals surface area contributed by atoms with Crippen molar-refractivity contribution in [1.29, 1.82) is 0 Å². The molecule has 154 valence electrons. The number of hydrogen-bond donors (Lipinski definition) is 1. The van der Waals surface area contributed by atoms with Crippen LogP contribution in [0.25, 0.3) is 11.3 Å². The van der Waals surface area contributed by atoms with Gasteiger partial charge in [-0.15, -0.1) is 0 Å². The number of aryl methyl sites for hydroxylation is 1. The van der Waals surface area contributed by atoms with Gasteiger partial charge in [-0.2, -0.15) is 8.78 Å².